The molecule has 0 heterocycles. The number of nitrogens with two attached hydrogens (primary N) is 1. The number of carbonyl (C=O) groups excluding carboxylic acids is 1. The van der Waals surface area contributed by atoms with Crippen LogP contribution in [0.3, 0.4) is 0 Å². The molecule has 0 unspecified atom stereocenters. The van der Waals surface area contributed by atoms with Crippen molar-refractivity contribution < 1.29 is 9.53 Å². The molecular formula is C13H23NO2. The lowest BCUT2D eigenvalue weighted by Crippen LogP contribution is -2.13. The zero-order valence-corrected chi connectivity index (χ0v) is 10.6. The lowest BCUT2D eigenvalue weighted by atomic mass is 10.1. The Hall–Kier alpha value is -1.09. The number of hydrogen-bond donors (Lipinski definition) is 1. The first-order chi connectivity index (χ1) is 7.47. The Balaban J connectivity index is 4.00. The highest BCUT2D eigenvalue weighted by molar-refractivity contribution is 5.87. The molecule has 0 spiro atoms. The van der Waals surface area contributed by atoms with Crippen LogP contribution in [0.4, 0.5) is 0 Å². The van der Waals surface area contributed by atoms with Crippen molar-refractivity contribution >= 4 is 5.97 Å². The van der Waals surface area contributed by atoms with Crippen LogP contribution in [0.1, 0.15) is 33.6 Å². The standard InChI is InChI=1S/C13H23NO2/c1-10(2)6-5-7-12(8-14)9-16-13(15)11(3)4/h7,10H,3,5-6,8-9,14H2,1-2,4H3. The van der Waals surface area contributed by atoms with Gasteiger partial charge in [-0.25, -0.2) is 4.79 Å². The van der Waals surface area contributed by atoms with E-state index < -0.39 is 0 Å². The fraction of sp³-hybridized carbons (Fsp3) is 0.615. The van der Waals surface area contributed by atoms with E-state index in [1.165, 1.54) is 0 Å². The van der Waals surface area contributed by atoms with Crippen molar-refractivity contribution in [2.75, 3.05) is 13.2 Å². The van der Waals surface area contributed by atoms with Crippen LogP contribution in [-0.2, 0) is 9.53 Å². The van der Waals surface area contributed by atoms with Crippen LogP contribution in [0.25, 0.3) is 0 Å². The van der Waals surface area contributed by atoms with Crippen LogP contribution in [0, 0.1) is 5.92 Å². The molecule has 0 aliphatic heterocycles. The van der Waals surface area contributed by atoms with Gasteiger partial charge in [-0.1, -0.05) is 26.5 Å². The second-order valence-corrected chi connectivity index (χ2v) is 4.39. The third kappa shape index (κ3) is 7.23. The van der Waals surface area contributed by atoms with Crippen molar-refractivity contribution in [3.05, 3.63) is 23.8 Å². The molecule has 0 amide bonds. The van der Waals surface area contributed by atoms with Crippen LogP contribution in [0.5, 0.6) is 0 Å². The van der Waals surface area contributed by atoms with E-state index in [-0.39, 0.29) is 12.6 Å². The minimum atomic E-state index is -0.358. The largest absolute Gasteiger partial charge is 0.458 e. The molecule has 3 nitrogen and oxygen atoms in total. The van der Waals surface area contributed by atoms with E-state index in [1.54, 1.807) is 6.92 Å². The summed E-state index contributed by atoms with van der Waals surface area (Å²) in [5.41, 5.74) is 6.95. The van der Waals surface area contributed by atoms with Gasteiger partial charge in [0, 0.05) is 12.1 Å². The lowest BCUT2D eigenvalue weighted by molar-refractivity contribution is -0.138. The van der Waals surface area contributed by atoms with E-state index >= 15 is 0 Å². The molecule has 0 bridgehead atoms. The SMILES string of the molecule is C=C(C)C(=O)OCC(=CCCC(C)C)CN. The summed E-state index contributed by atoms with van der Waals surface area (Å²) in [5, 5.41) is 0. The highest BCUT2D eigenvalue weighted by Gasteiger charge is 2.04. The Kier molecular flexibility index (Phi) is 7.56. The zero-order chi connectivity index (χ0) is 12.6. The Bertz CT molecular complexity index is 267. The predicted octanol–water partition coefficient (Wildman–Crippen LogP) is 2.43. The fourth-order valence-corrected chi connectivity index (χ4v) is 1.10. The van der Waals surface area contributed by atoms with Gasteiger partial charge >= 0.3 is 5.97 Å². The topological polar surface area (TPSA) is 52.3 Å². The van der Waals surface area contributed by atoms with Gasteiger partial charge in [-0.15, -0.1) is 0 Å². The van der Waals surface area contributed by atoms with Gasteiger partial charge < -0.3 is 10.5 Å². The Labute approximate surface area is 98.4 Å². The lowest BCUT2D eigenvalue weighted by Gasteiger charge is -2.07. The van der Waals surface area contributed by atoms with E-state index in [4.69, 9.17) is 10.5 Å². The van der Waals surface area contributed by atoms with Crippen LogP contribution >= 0.6 is 0 Å². The molecule has 3 heteroatoms. The Morgan fingerprint density at radius 1 is 1.50 bits per heavy atom. The van der Waals surface area contributed by atoms with E-state index in [1.807, 2.05) is 0 Å². The molecule has 0 rings (SSSR count). The van der Waals surface area contributed by atoms with Crippen LogP contribution < -0.4 is 5.73 Å². The van der Waals surface area contributed by atoms with Crippen molar-refractivity contribution in [1.29, 1.82) is 0 Å². The molecule has 16 heavy (non-hydrogen) atoms. The third-order valence-corrected chi connectivity index (χ3v) is 2.18. The van der Waals surface area contributed by atoms with Crippen LogP contribution in [0.15, 0.2) is 23.8 Å². The molecule has 0 aromatic heterocycles. The number of hydrogen-bond acceptors (Lipinski definition) is 3. The first kappa shape index (κ1) is 14.9. The average Bonchev–Trinajstić information content (AvgIpc) is 2.21. The monoisotopic (exact) mass is 225 g/mol. The smallest absolute Gasteiger partial charge is 0.333 e. The molecular weight excluding hydrogens is 202 g/mol. The number of allylic oxidation sites excluding steroid dienone is 1. The molecule has 92 valence electrons. The van der Waals surface area contributed by atoms with Gasteiger partial charge in [0.25, 0.3) is 0 Å². The van der Waals surface area contributed by atoms with E-state index in [0.717, 1.165) is 18.4 Å². The normalized spacial score (nSPS) is 11.7. The molecule has 0 saturated carbocycles. The average molecular weight is 225 g/mol. The number of esters is 1. The highest BCUT2D eigenvalue weighted by Crippen LogP contribution is 2.07. The maximum Gasteiger partial charge on any atom is 0.333 e. The molecule has 0 atom stereocenters. The van der Waals surface area contributed by atoms with E-state index in [0.29, 0.717) is 18.0 Å². The molecule has 0 aromatic carbocycles. The van der Waals surface area contributed by atoms with Crippen molar-refractivity contribution in [3.63, 3.8) is 0 Å². The number of ether oxygens (including phenoxy) is 1. The van der Waals surface area contributed by atoms with Gasteiger partial charge in [0.05, 0.1) is 0 Å². The van der Waals surface area contributed by atoms with E-state index in [9.17, 15) is 4.79 Å². The first-order valence-electron chi connectivity index (χ1n) is 5.68. The molecule has 0 radical (unpaired) electrons. The Morgan fingerprint density at radius 3 is 2.56 bits per heavy atom. The first-order valence-corrected chi connectivity index (χ1v) is 5.68. The molecule has 2 N–H and O–H groups in total. The van der Waals surface area contributed by atoms with Crippen molar-refractivity contribution in [2.45, 2.75) is 33.6 Å². The molecule has 0 fully saturated rings. The summed E-state index contributed by atoms with van der Waals surface area (Å²) in [6.45, 7) is 10.2. The van der Waals surface area contributed by atoms with Gasteiger partial charge in [0.15, 0.2) is 0 Å². The van der Waals surface area contributed by atoms with Gasteiger partial charge in [-0.2, -0.15) is 0 Å². The van der Waals surface area contributed by atoms with Gasteiger partial charge in [0.1, 0.15) is 6.61 Å². The maximum atomic E-state index is 11.2. The quantitative estimate of drug-likeness (QED) is 0.411. The summed E-state index contributed by atoms with van der Waals surface area (Å²) in [5.74, 6) is 0.316. The van der Waals surface area contributed by atoms with Gasteiger partial charge in [-0.05, 0) is 31.3 Å². The fourth-order valence-electron chi connectivity index (χ4n) is 1.10. The molecule has 0 aliphatic carbocycles. The van der Waals surface area contributed by atoms with Crippen LogP contribution in [0.2, 0.25) is 0 Å². The van der Waals surface area contributed by atoms with Gasteiger partial charge in [0.2, 0.25) is 0 Å². The minimum absolute atomic E-state index is 0.278. The second kappa shape index (κ2) is 8.11. The summed E-state index contributed by atoms with van der Waals surface area (Å²) in [7, 11) is 0. The number of rotatable bonds is 7. The van der Waals surface area contributed by atoms with Crippen molar-refractivity contribution in [2.24, 2.45) is 11.7 Å². The molecule has 0 saturated heterocycles. The summed E-state index contributed by atoms with van der Waals surface area (Å²) >= 11 is 0. The summed E-state index contributed by atoms with van der Waals surface area (Å²) in [6.07, 6.45) is 4.17. The van der Waals surface area contributed by atoms with Gasteiger partial charge in [-0.3, -0.25) is 0 Å². The minimum Gasteiger partial charge on any atom is -0.458 e. The summed E-state index contributed by atoms with van der Waals surface area (Å²) < 4.78 is 5.03. The Morgan fingerprint density at radius 2 is 2.12 bits per heavy atom. The van der Waals surface area contributed by atoms with E-state index in [2.05, 4.69) is 26.5 Å². The summed E-state index contributed by atoms with van der Waals surface area (Å²) in [4.78, 5) is 11.2. The third-order valence-electron chi connectivity index (χ3n) is 2.18. The van der Waals surface area contributed by atoms with Crippen molar-refractivity contribution in [3.8, 4) is 0 Å². The molecule has 0 aliphatic rings. The highest BCUT2D eigenvalue weighted by atomic mass is 16.5. The predicted molar refractivity (Wildman–Crippen MR) is 67.0 cm³/mol. The van der Waals surface area contributed by atoms with Crippen molar-refractivity contribution in [1.82, 2.24) is 0 Å². The summed E-state index contributed by atoms with van der Waals surface area (Å²) in [6, 6.07) is 0. The van der Waals surface area contributed by atoms with Crippen LogP contribution in [-0.4, -0.2) is 19.1 Å². The molecule has 0 aromatic rings. The second-order valence-electron chi connectivity index (χ2n) is 4.39. The maximum absolute atomic E-state index is 11.2. The number of carbonyl (C=O) groups is 1. The zero-order valence-electron chi connectivity index (χ0n) is 10.6.